The predicted octanol–water partition coefficient (Wildman–Crippen LogP) is 9.50. The number of anilines is 3. The first-order valence-corrected chi connectivity index (χ1v) is 23.4. The molecule has 8 aromatic carbocycles. The van der Waals surface area contributed by atoms with E-state index in [0.717, 1.165) is 28.6 Å². The van der Waals surface area contributed by atoms with Gasteiger partial charge in [0.1, 0.15) is 0 Å². The summed E-state index contributed by atoms with van der Waals surface area (Å²) in [4.78, 5) is 5.12. The molecule has 0 radical (unpaired) electrons. The van der Waals surface area contributed by atoms with E-state index in [4.69, 9.17) is 4.74 Å². The fraction of sp³-hybridized carbons (Fsp3) is 0.0588. The van der Waals surface area contributed by atoms with Gasteiger partial charge in [-0.15, -0.1) is 0 Å². The van der Waals surface area contributed by atoms with Crippen LogP contribution in [0.25, 0.3) is 0 Å². The van der Waals surface area contributed by atoms with Crippen LogP contribution >= 0.6 is 19.7 Å². The van der Waals surface area contributed by atoms with Crippen LogP contribution in [0.15, 0.2) is 204 Å². The second kappa shape index (κ2) is 13.0. The van der Waals surface area contributed by atoms with Crippen LogP contribution in [-0.2, 0) is 5.41 Å². The minimum atomic E-state index is -2.88. The largest absolute Gasteiger partial charge is 0.453 e. The van der Waals surface area contributed by atoms with Crippen molar-refractivity contribution in [3.8, 4) is 11.5 Å². The summed E-state index contributed by atoms with van der Waals surface area (Å²) in [7, 11) is -3.79. The van der Waals surface area contributed by atoms with Crippen molar-refractivity contribution in [1.82, 2.24) is 0 Å². The molecule has 0 spiro atoms. The quantitative estimate of drug-likeness (QED) is 0.131. The van der Waals surface area contributed by atoms with E-state index in [1.807, 2.05) is 11.8 Å². The second-order valence-electron chi connectivity index (χ2n) is 15.3. The summed E-state index contributed by atoms with van der Waals surface area (Å²) in [5.41, 5.74) is 5.94. The molecule has 1 atom stereocenters. The molecule has 0 N–H and O–H groups in total. The van der Waals surface area contributed by atoms with Crippen molar-refractivity contribution in [3.63, 3.8) is 0 Å². The van der Waals surface area contributed by atoms with Crippen LogP contribution in [0.5, 0.6) is 11.5 Å². The summed E-state index contributed by atoms with van der Waals surface area (Å²) in [5.74, 6) is 1.73. The predicted molar refractivity (Wildman–Crippen MR) is 240 cm³/mol. The maximum Gasteiger partial charge on any atom is 0.181 e. The molecule has 0 bridgehead atoms. The molecule has 0 saturated heterocycles. The summed E-state index contributed by atoms with van der Waals surface area (Å²) in [6.45, 7) is 4.80. The molecule has 0 fully saturated rings. The Bertz CT molecular complexity index is 2740. The van der Waals surface area contributed by atoms with Crippen LogP contribution in [0.2, 0.25) is 0 Å². The van der Waals surface area contributed by atoms with Gasteiger partial charge in [0, 0.05) is 20.9 Å². The summed E-state index contributed by atoms with van der Waals surface area (Å²) < 4.78 is 6.50. The van der Waals surface area contributed by atoms with Gasteiger partial charge in [-0.2, -0.15) is 0 Å². The number of ether oxygens (including phenoxy) is 1. The van der Waals surface area contributed by atoms with Crippen molar-refractivity contribution in [2.45, 2.75) is 29.1 Å². The molecule has 11 rings (SSSR count). The Labute approximate surface area is 335 Å². The third-order valence-corrected chi connectivity index (χ3v) is 20.9. The molecule has 8 aromatic rings. The van der Waals surface area contributed by atoms with Crippen molar-refractivity contribution in [3.05, 3.63) is 205 Å². The molecule has 3 aliphatic rings. The molecular formula is C51H38NOPSSi. The van der Waals surface area contributed by atoms with Crippen LogP contribution in [0, 0.1) is 0 Å². The molecule has 0 saturated carbocycles. The third-order valence-electron chi connectivity index (χ3n) is 12.0. The van der Waals surface area contributed by atoms with Crippen LogP contribution in [-0.4, -0.2) is 8.07 Å². The second-order valence-corrected chi connectivity index (χ2v) is 22.3. The Morgan fingerprint density at radius 2 is 1.07 bits per heavy atom. The van der Waals surface area contributed by atoms with Gasteiger partial charge in [0.15, 0.2) is 19.6 Å². The van der Waals surface area contributed by atoms with Gasteiger partial charge in [-0.3, -0.25) is 0 Å². The summed E-state index contributed by atoms with van der Waals surface area (Å²) in [6, 6.07) is 72.8. The Morgan fingerprint density at radius 1 is 0.500 bits per heavy atom. The van der Waals surface area contributed by atoms with E-state index in [0.29, 0.717) is 0 Å². The highest BCUT2D eigenvalue weighted by atomic mass is 32.2. The number of nitrogens with zero attached hydrogens (tertiary/aromatic N) is 1. The average Bonchev–Trinajstić information content (AvgIpc) is 3.25. The standard InChI is InChI=1S/C51H38NOPSSi/c1-51(2)39-21-9-15-27-47(39)55-48-32-30-36(34-40(48)51)54-45-26-14-16-28-49(45)56(37-17-5-3-6-18-37,38-19-7-4-8-20-38)50-33-35(29-31-46(50)54)52-41-22-10-12-24-43(41)53-44-25-13-11-23-42(44)52/h3-34H,1-2H3. The lowest BCUT2D eigenvalue weighted by atomic mass is 9.78. The summed E-state index contributed by atoms with van der Waals surface area (Å²) in [5, 5.41) is 10.0. The maximum absolute atomic E-state index is 6.50. The fourth-order valence-corrected chi connectivity index (χ4v) is 19.7. The van der Waals surface area contributed by atoms with Crippen molar-refractivity contribution in [2.24, 2.45) is 0 Å². The molecule has 3 aliphatic heterocycles. The molecule has 0 amide bonds. The normalized spacial score (nSPS) is 16.5. The molecule has 268 valence electrons. The molecule has 0 aliphatic carbocycles. The number of rotatable bonds is 4. The van der Waals surface area contributed by atoms with Crippen molar-refractivity contribution in [1.29, 1.82) is 0 Å². The Balaban J connectivity index is 1.21. The first kappa shape index (κ1) is 33.7. The fourth-order valence-electron chi connectivity index (χ4n) is 9.42. The first-order chi connectivity index (χ1) is 27.5. The lowest BCUT2D eigenvalue weighted by Gasteiger charge is -2.44. The van der Waals surface area contributed by atoms with Gasteiger partial charge < -0.3 is 9.64 Å². The van der Waals surface area contributed by atoms with Crippen LogP contribution in [0.4, 0.5) is 17.1 Å². The zero-order valence-electron chi connectivity index (χ0n) is 31.2. The summed E-state index contributed by atoms with van der Waals surface area (Å²) >= 11 is 1.91. The molecule has 3 heterocycles. The highest BCUT2D eigenvalue weighted by Crippen LogP contribution is 2.52. The number of hydrogen-bond donors (Lipinski definition) is 0. The van der Waals surface area contributed by atoms with Crippen molar-refractivity contribution >= 4 is 81.5 Å². The van der Waals surface area contributed by atoms with Crippen LogP contribution < -0.4 is 46.3 Å². The Morgan fingerprint density at radius 3 is 1.79 bits per heavy atom. The van der Waals surface area contributed by atoms with E-state index in [2.05, 4.69) is 213 Å². The number of para-hydroxylation sites is 4. The van der Waals surface area contributed by atoms with E-state index < -0.39 is 16.0 Å². The zero-order valence-corrected chi connectivity index (χ0v) is 33.9. The van der Waals surface area contributed by atoms with Crippen LogP contribution in [0.3, 0.4) is 0 Å². The smallest absolute Gasteiger partial charge is 0.181 e. The van der Waals surface area contributed by atoms with E-state index >= 15 is 0 Å². The van der Waals surface area contributed by atoms with Gasteiger partial charge in [-0.25, -0.2) is 0 Å². The highest BCUT2D eigenvalue weighted by molar-refractivity contribution is 7.99. The number of benzene rings is 8. The molecule has 56 heavy (non-hydrogen) atoms. The SMILES string of the molecule is CC1(C)c2ccccc2Sc2ccc(P3c4ccccc4[Si](c4ccccc4)(c4ccccc4)c4cc(N5c6ccccc6Oc6ccccc65)ccc43)cc21. The molecule has 1 unspecified atom stereocenters. The lowest BCUT2D eigenvalue weighted by Crippen LogP contribution is -2.81. The Hall–Kier alpha value is -5.64. The topological polar surface area (TPSA) is 12.5 Å². The van der Waals surface area contributed by atoms with Crippen LogP contribution in [0.1, 0.15) is 25.0 Å². The minimum absolute atomic E-state index is 0.117. The average molecular weight is 772 g/mol. The monoisotopic (exact) mass is 771 g/mol. The summed E-state index contributed by atoms with van der Waals surface area (Å²) in [6.07, 6.45) is 0. The van der Waals surface area contributed by atoms with Crippen molar-refractivity contribution < 1.29 is 4.74 Å². The lowest BCUT2D eigenvalue weighted by molar-refractivity contribution is 0.477. The van der Waals surface area contributed by atoms with E-state index in [1.54, 1.807) is 0 Å². The van der Waals surface area contributed by atoms with Gasteiger partial charge in [0.05, 0.1) is 11.4 Å². The minimum Gasteiger partial charge on any atom is -0.453 e. The number of fused-ring (bicyclic) bond motifs is 6. The number of hydrogen-bond acceptors (Lipinski definition) is 3. The van der Waals surface area contributed by atoms with Gasteiger partial charge in [0.25, 0.3) is 0 Å². The molecule has 5 heteroatoms. The third kappa shape index (κ3) is 4.93. The van der Waals surface area contributed by atoms with Gasteiger partial charge in [-0.1, -0.05) is 165 Å². The molecular weight excluding hydrogens is 734 g/mol. The highest BCUT2D eigenvalue weighted by Gasteiger charge is 2.50. The first-order valence-electron chi connectivity index (χ1n) is 19.3. The Kier molecular flexibility index (Phi) is 7.80. The van der Waals surface area contributed by atoms with Gasteiger partial charge in [-0.05, 0) is 110 Å². The maximum atomic E-state index is 6.50. The van der Waals surface area contributed by atoms with E-state index in [1.165, 1.54) is 57.6 Å². The van der Waals surface area contributed by atoms with Crippen molar-refractivity contribution in [2.75, 3.05) is 4.90 Å². The molecule has 0 aromatic heterocycles. The van der Waals surface area contributed by atoms with Gasteiger partial charge in [0.2, 0.25) is 0 Å². The molecule has 2 nitrogen and oxygen atoms in total. The zero-order chi connectivity index (χ0) is 37.4. The van der Waals surface area contributed by atoms with E-state index in [-0.39, 0.29) is 5.41 Å². The van der Waals surface area contributed by atoms with E-state index in [9.17, 15) is 0 Å². The van der Waals surface area contributed by atoms with Gasteiger partial charge >= 0.3 is 0 Å².